The Bertz CT molecular complexity index is 583. The van der Waals surface area contributed by atoms with Crippen LogP contribution >= 0.6 is 23.4 Å². The van der Waals surface area contributed by atoms with Crippen molar-refractivity contribution in [2.75, 3.05) is 0 Å². The molecule has 0 saturated heterocycles. The van der Waals surface area contributed by atoms with Crippen LogP contribution in [0.4, 0.5) is 5.69 Å². The van der Waals surface area contributed by atoms with E-state index in [2.05, 4.69) is 15.0 Å². The van der Waals surface area contributed by atoms with Gasteiger partial charge in [-0.25, -0.2) is 15.0 Å². The van der Waals surface area contributed by atoms with Gasteiger partial charge in [-0.2, -0.15) is 0 Å². The van der Waals surface area contributed by atoms with E-state index in [-0.39, 0.29) is 0 Å². The van der Waals surface area contributed by atoms with Crippen LogP contribution in [-0.4, -0.2) is 15.1 Å². The average Bonchev–Trinajstić information content (AvgIpc) is 2.45. The Kier molecular flexibility index (Phi) is 2.38. The molecule has 2 aromatic rings. The van der Waals surface area contributed by atoms with Crippen LogP contribution in [-0.2, 0) is 0 Å². The van der Waals surface area contributed by atoms with Gasteiger partial charge in [-0.15, -0.1) is 0 Å². The lowest BCUT2D eigenvalue weighted by Crippen LogP contribution is -1.98. The molecule has 0 atom stereocenters. The zero-order chi connectivity index (χ0) is 11.0. The van der Waals surface area contributed by atoms with Gasteiger partial charge in [-0.1, -0.05) is 35.5 Å². The molecule has 0 unspecified atom stereocenters. The van der Waals surface area contributed by atoms with Crippen molar-refractivity contribution in [3.8, 4) is 0 Å². The van der Waals surface area contributed by atoms with Crippen LogP contribution in [0.15, 0.2) is 51.6 Å². The molecule has 16 heavy (non-hydrogen) atoms. The highest BCUT2D eigenvalue weighted by Crippen LogP contribution is 2.38. The fraction of sp³-hybridized carbons (Fsp3) is 0. The second-order valence-corrected chi connectivity index (χ2v) is 4.57. The smallest absolute Gasteiger partial charge is 0.158 e. The first-order chi connectivity index (χ1) is 7.84. The lowest BCUT2D eigenvalue weighted by molar-refractivity contribution is 1.04. The Hall–Kier alpha value is -1.39. The van der Waals surface area contributed by atoms with E-state index in [4.69, 9.17) is 11.6 Å². The van der Waals surface area contributed by atoms with Gasteiger partial charge in [-0.05, 0) is 12.1 Å². The molecule has 2 heterocycles. The molecule has 1 aliphatic rings. The molecule has 0 saturated carbocycles. The van der Waals surface area contributed by atoms with Crippen LogP contribution in [0.5, 0.6) is 0 Å². The van der Waals surface area contributed by atoms with Crippen LogP contribution in [0, 0.1) is 0 Å². The summed E-state index contributed by atoms with van der Waals surface area (Å²) < 4.78 is 0. The standard InChI is InChI=1S/C11H6ClN3S/c12-10-9-11(14-6-5-13-9)16-8-4-2-1-3-7(8)15-10/h1-6H. The molecule has 1 aliphatic heterocycles. The third kappa shape index (κ3) is 1.60. The minimum Gasteiger partial charge on any atom is -0.249 e. The topological polar surface area (TPSA) is 38.1 Å². The lowest BCUT2D eigenvalue weighted by Gasteiger charge is -2.01. The maximum absolute atomic E-state index is 6.11. The van der Waals surface area contributed by atoms with Gasteiger partial charge in [-0.3, -0.25) is 0 Å². The van der Waals surface area contributed by atoms with E-state index in [1.807, 2.05) is 24.3 Å². The SMILES string of the molecule is ClC1=Nc2ccccc2Sc2nccnc21. The van der Waals surface area contributed by atoms with Crippen molar-refractivity contribution in [3.05, 3.63) is 42.4 Å². The third-order valence-electron chi connectivity index (χ3n) is 2.15. The predicted octanol–water partition coefficient (Wildman–Crippen LogP) is 3.26. The molecule has 0 N–H and O–H groups in total. The number of rotatable bonds is 0. The van der Waals surface area contributed by atoms with Crippen LogP contribution in [0.2, 0.25) is 0 Å². The van der Waals surface area contributed by atoms with Crippen molar-refractivity contribution in [2.24, 2.45) is 4.99 Å². The second kappa shape index (κ2) is 3.88. The fourth-order valence-electron chi connectivity index (χ4n) is 1.44. The fourth-order valence-corrected chi connectivity index (χ4v) is 2.66. The first-order valence-corrected chi connectivity index (χ1v) is 5.86. The Morgan fingerprint density at radius 2 is 1.88 bits per heavy atom. The molecule has 1 aromatic heterocycles. The van der Waals surface area contributed by atoms with Gasteiger partial charge in [0.2, 0.25) is 0 Å². The largest absolute Gasteiger partial charge is 0.249 e. The van der Waals surface area contributed by atoms with E-state index in [9.17, 15) is 0 Å². The van der Waals surface area contributed by atoms with Crippen molar-refractivity contribution >= 4 is 34.2 Å². The molecular formula is C11H6ClN3S. The molecule has 0 amide bonds. The van der Waals surface area contributed by atoms with Crippen molar-refractivity contribution in [1.82, 2.24) is 9.97 Å². The monoisotopic (exact) mass is 247 g/mol. The number of aliphatic imine (C=N–C) groups is 1. The molecule has 0 aliphatic carbocycles. The zero-order valence-electron chi connectivity index (χ0n) is 8.09. The second-order valence-electron chi connectivity index (χ2n) is 3.18. The molecule has 0 spiro atoms. The van der Waals surface area contributed by atoms with Gasteiger partial charge < -0.3 is 0 Å². The first-order valence-electron chi connectivity index (χ1n) is 4.67. The number of benzene rings is 1. The van der Waals surface area contributed by atoms with E-state index in [1.165, 1.54) is 11.8 Å². The molecule has 3 nitrogen and oxygen atoms in total. The molecule has 5 heteroatoms. The predicted molar refractivity (Wildman–Crippen MR) is 64.6 cm³/mol. The molecule has 78 valence electrons. The van der Waals surface area contributed by atoms with E-state index >= 15 is 0 Å². The number of hydrogen-bond donors (Lipinski definition) is 0. The van der Waals surface area contributed by atoms with E-state index in [1.54, 1.807) is 12.4 Å². The van der Waals surface area contributed by atoms with Crippen LogP contribution in [0.1, 0.15) is 5.69 Å². The van der Waals surface area contributed by atoms with Crippen molar-refractivity contribution in [3.63, 3.8) is 0 Å². The van der Waals surface area contributed by atoms with Crippen molar-refractivity contribution in [1.29, 1.82) is 0 Å². The highest BCUT2D eigenvalue weighted by atomic mass is 35.5. The van der Waals surface area contributed by atoms with E-state index < -0.39 is 0 Å². The van der Waals surface area contributed by atoms with Gasteiger partial charge in [0.15, 0.2) is 5.17 Å². The maximum Gasteiger partial charge on any atom is 0.158 e. The number of halogens is 1. The van der Waals surface area contributed by atoms with Gasteiger partial charge in [0.25, 0.3) is 0 Å². The van der Waals surface area contributed by atoms with Gasteiger partial charge in [0.05, 0.1) is 5.69 Å². The summed E-state index contributed by atoms with van der Waals surface area (Å²) in [6.45, 7) is 0. The highest BCUT2D eigenvalue weighted by Gasteiger charge is 2.17. The number of para-hydroxylation sites is 1. The Morgan fingerprint density at radius 3 is 2.81 bits per heavy atom. The van der Waals surface area contributed by atoms with Crippen molar-refractivity contribution in [2.45, 2.75) is 9.92 Å². The lowest BCUT2D eigenvalue weighted by atomic mass is 10.3. The summed E-state index contributed by atoms with van der Waals surface area (Å²) in [5.41, 5.74) is 1.50. The maximum atomic E-state index is 6.11. The summed E-state index contributed by atoms with van der Waals surface area (Å²) in [6, 6.07) is 7.83. The molecule has 3 rings (SSSR count). The number of hydrogen-bond acceptors (Lipinski definition) is 4. The van der Waals surface area contributed by atoms with E-state index in [0.717, 1.165) is 15.6 Å². The van der Waals surface area contributed by atoms with E-state index in [0.29, 0.717) is 10.9 Å². The van der Waals surface area contributed by atoms with Crippen molar-refractivity contribution < 1.29 is 0 Å². The molecule has 1 aromatic carbocycles. The minimum atomic E-state index is 0.389. The van der Waals surface area contributed by atoms with Gasteiger partial charge in [0.1, 0.15) is 10.7 Å². The Balaban J connectivity index is 2.25. The summed E-state index contributed by atoms with van der Waals surface area (Å²) >= 11 is 7.65. The third-order valence-corrected chi connectivity index (χ3v) is 3.47. The Morgan fingerprint density at radius 1 is 1.06 bits per heavy atom. The molecule has 0 fully saturated rings. The molecular weight excluding hydrogens is 242 g/mol. The zero-order valence-corrected chi connectivity index (χ0v) is 9.66. The normalized spacial score (nSPS) is 13.4. The molecule has 0 radical (unpaired) electrons. The summed E-state index contributed by atoms with van der Waals surface area (Å²) in [5, 5.41) is 1.18. The minimum absolute atomic E-state index is 0.389. The summed E-state index contributed by atoms with van der Waals surface area (Å²) in [6.07, 6.45) is 3.28. The van der Waals surface area contributed by atoms with Gasteiger partial charge in [0, 0.05) is 17.3 Å². The first kappa shape index (κ1) is 9.81. The highest BCUT2D eigenvalue weighted by molar-refractivity contribution is 7.99. The average molecular weight is 248 g/mol. The summed E-state index contributed by atoms with van der Waals surface area (Å²) in [7, 11) is 0. The van der Waals surface area contributed by atoms with Crippen LogP contribution in [0.25, 0.3) is 0 Å². The summed E-state index contributed by atoms with van der Waals surface area (Å²) in [4.78, 5) is 13.8. The number of aromatic nitrogens is 2. The Labute approximate surface area is 102 Å². The van der Waals surface area contributed by atoms with Crippen LogP contribution < -0.4 is 0 Å². The number of nitrogens with zero attached hydrogens (tertiary/aromatic N) is 3. The van der Waals surface area contributed by atoms with Crippen LogP contribution in [0.3, 0.4) is 0 Å². The quantitative estimate of drug-likeness (QED) is 0.717. The summed E-state index contributed by atoms with van der Waals surface area (Å²) in [5.74, 6) is 0. The molecule has 0 bridgehead atoms. The number of fused-ring (bicyclic) bond motifs is 2. The van der Waals surface area contributed by atoms with Gasteiger partial charge >= 0.3 is 0 Å².